The summed E-state index contributed by atoms with van der Waals surface area (Å²) in [5.41, 5.74) is 0. The smallest absolute Gasteiger partial charge is 0.326 e. The molecule has 0 aromatic heterocycles. The van der Waals surface area contributed by atoms with E-state index < -0.39 is 12.0 Å². The van der Waals surface area contributed by atoms with E-state index in [0.717, 1.165) is 17.7 Å². The quantitative estimate of drug-likeness (QED) is 0.687. The molecule has 1 unspecified atom stereocenters. The number of aliphatic carboxylic acids is 1. The van der Waals surface area contributed by atoms with Gasteiger partial charge in [0.2, 0.25) is 5.91 Å². The number of carbonyl (C=O) groups is 2. The van der Waals surface area contributed by atoms with Crippen LogP contribution in [0.15, 0.2) is 35.2 Å². The fourth-order valence-electron chi connectivity index (χ4n) is 1.71. The molecular formula is C15H21NO3S. The van der Waals surface area contributed by atoms with Gasteiger partial charge in [-0.05, 0) is 18.6 Å². The van der Waals surface area contributed by atoms with E-state index in [9.17, 15) is 9.59 Å². The van der Waals surface area contributed by atoms with Gasteiger partial charge in [-0.15, -0.1) is 11.8 Å². The van der Waals surface area contributed by atoms with Gasteiger partial charge in [0, 0.05) is 17.1 Å². The number of hydrogen-bond acceptors (Lipinski definition) is 3. The predicted molar refractivity (Wildman–Crippen MR) is 80.9 cm³/mol. The minimum Gasteiger partial charge on any atom is -0.480 e. The highest BCUT2D eigenvalue weighted by Gasteiger charge is 2.18. The standard InChI is InChI=1S/C15H21NO3S/c1-2-3-9-13(15(18)19)16-14(17)10-11-20-12-7-5-4-6-8-12/h4-8,13H,2-3,9-11H2,1H3,(H,16,17)(H,18,19). The molecule has 0 saturated heterocycles. The van der Waals surface area contributed by atoms with Crippen LogP contribution < -0.4 is 5.32 Å². The molecule has 1 aromatic rings. The summed E-state index contributed by atoms with van der Waals surface area (Å²) >= 11 is 1.59. The van der Waals surface area contributed by atoms with Crippen LogP contribution >= 0.6 is 11.8 Å². The van der Waals surface area contributed by atoms with Crippen LogP contribution in [0.1, 0.15) is 32.6 Å². The van der Waals surface area contributed by atoms with Crippen LogP contribution in [-0.2, 0) is 9.59 Å². The number of amides is 1. The number of hydrogen-bond donors (Lipinski definition) is 2. The van der Waals surface area contributed by atoms with Crippen LogP contribution in [0.5, 0.6) is 0 Å². The first kappa shape index (κ1) is 16.6. The normalized spacial score (nSPS) is 11.8. The third kappa shape index (κ3) is 6.61. The van der Waals surface area contributed by atoms with Gasteiger partial charge in [0.05, 0.1) is 0 Å². The summed E-state index contributed by atoms with van der Waals surface area (Å²) < 4.78 is 0. The van der Waals surface area contributed by atoms with Crippen molar-refractivity contribution in [2.75, 3.05) is 5.75 Å². The Morgan fingerprint density at radius 3 is 2.60 bits per heavy atom. The van der Waals surface area contributed by atoms with E-state index in [2.05, 4.69) is 5.32 Å². The van der Waals surface area contributed by atoms with Crippen LogP contribution in [-0.4, -0.2) is 28.8 Å². The minimum absolute atomic E-state index is 0.197. The van der Waals surface area contributed by atoms with E-state index >= 15 is 0 Å². The highest BCUT2D eigenvalue weighted by atomic mass is 32.2. The largest absolute Gasteiger partial charge is 0.480 e. The van der Waals surface area contributed by atoms with E-state index in [1.54, 1.807) is 11.8 Å². The number of carboxylic acids is 1. The van der Waals surface area contributed by atoms with Crippen molar-refractivity contribution in [1.82, 2.24) is 5.32 Å². The number of carboxylic acid groups (broad SMARTS) is 1. The topological polar surface area (TPSA) is 66.4 Å². The van der Waals surface area contributed by atoms with Crippen molar-refractivity contribution in [2.45, 2.75) is 43.5 Å². The predicted octanol–water partition coefficient (Wildman–Crippen LogP) is 2.93. The maximum Gasteiger partial charge on any atom is 0.326 e. The molecule has 2 N–H and O–H groups in total. The molecule has 0 bridgehead atoms. The Hall–Kier alpha value is -1.49. The Bertz CT molecular complexity index is 422. The second-order valence-electron chi connectivity index (χ2n) is 4.51. The van der Waals surface area contributed by atoms with Gasteiger partial charge in [-0.3, -0.25) is 4.79 Å². The van der Waals surface area contributed by atoms with Crippen LogP contribution in [0.4, 0.5) is 0 Å². The summed E-state index contributed by atoms with van der Waals surface area (Å²) in [4.78, 5) is 23.9. The fraction of sp³-hybridized carbons (Fsp3) is 0.467. The number of unbranched alkanes of at least 4 members (excludes halogenated alkanes) is 1. The molecule has 0 radical (unpaired) electrons. The maximum atomic E-state index is 11.7. The van der Waals surface area contributed by atoms with Gasteiger partial charge in [-0.2, -0.15) is 0 Å². The number of carbonyl (C=O) groups excluding carboxylic acids is 1. The minimum atomic E-state index is -0.956. The zero-order valence-electron chi connectivity index (χ0n) is 11.7. The van der Waals surface area contributed by atoms with E-state index in [1.807, 2.05) is 37.3 Å². The molecule has 1 aromatic carbocycles. The summed E-state index contributed by atoms with van der Waals surface area (Å²) in [5.74, 6) is -0.505. The molecule has 1 atom stereocenters. The summed E-state index contributed by atoms with van der Waals surface area (Å²) in [6, 6.07) is 9.07. The first-order chi connectivity index (χ1) is 9.63. The van der Waals surface area contributed by atoms with Crippen molar-refractivity contribution in [3.05, 3.63) is 30.3 Å². The van der Waals surface area contributed by atoms with Crippen LogP contribution in [0, 0.1) is 0 Å². The van der Waals surface area contributed by atoms with Gasteiger partial charge in [0.1, 0.15) is 6.04 Å². The number of nitrogens with one attached hydrogen (secondary N) is 1. The average molecular weight is 295 g/mol. The van der Waals surface area contributed by atoms with E-state index in [1.165, 1.54) is 0 Å². The second kappa shape index (κ2) is 9.42. The Balaban J connectivity index is 2.29. The molecule has 20 heavy (non-hydrogen) atoms. The SMILES string of the molecule is CCCCC(NC(=O)CCSc1ccccc1)C(=O)O. The Morgan fingerprint density at radius 1 is 1.30 bits per heavy atom. The molecule has 5 heteroatoms. The summed E-state index contributed by atoms with van der Waals surface area (Å²) in [5, 5.41) is 11.6. The van der Waals surface area contributed by atoms with Gasteiger partial charge in [-0.1, -0.05) is 38.0 Å². The fourth-order valence-corrected chi connectivity index (χ4v) is 2.58. The zero-order chi connectivity index (χ0) is 14.8. The summed E-state index contributed by atoms with van der Waals surface area (Å²) in [6.45, 7) is 2.00. The molecule has 0 aliphatic carbocycles. The molecule has 4 nitrogen and oxygen atoms in total. The van der Waals surface area contributed by atoms with E-state index in [4.69, 9.17) is 5.11 Å². The van der Waals surface area contributed by atoms with Crippen LogP contribution in [0.25, 0.3) is 0 Å². The van der Waals surface area contributed by atoms with Crippen LogP contribution in [0.2, 0.25) is 0 Å². The van der Waals surface area contributed by atoms with Crippen molar-refractivity contribution >= 4 is 23.6 Å². The maximum absolute atomic E-state index is 11.7. The second-order valence-corrected chi connectivity index (χ2v) is 5.68. The third-order valence-corrected chi connectivity index (χ3v) is 3.83. The zero-order valence-corrected chi connectivity index (χ0v) is 12.5. The number of thioether (sulfide) groups is 1. The first-order valence-electron chi connectivity index (χ1n) is 6.83. The Kier molecular flexibility index (Phi) is 7.80. The van der Waals surface area contributed by atoms with Crippen molar-refractivity contribution in [3.8, 4) is 0 Å². The summed E-state index contributed by atoms with van der Waals surface area (Å²) in [6.07, 6.45) is 2.54. The molecule has 0 aliphatic heterocycles. The molecule has 1 amide bonds. The molecule has 0 saturated carbocycles. The highest BCUT2D eigenvalue weighted by molar-refractivity contribution is 7.99. The number of benzene rings is 1. The monoisotopic (exact) mass is 295 g/mol. The molecule has 0 fully saturated rings. The van der Waals surface area contributed by atoms with Crippen molar-refractivity contribution < 1.29 is 14.7 Å². The van der Waals surface area contributed by atoms with Crippen LogP contribution in [0.3, 0.4) is 0 Å². The summed E-state index contributed by atoms with van der Waals surface area (Å²) in [7, 11) is 0. The third-order valence-electron chi connectivity index (χ3n) is 2.82. The number of rotatable bonds is 9. The lowest BCUT2D eigenvalue weighted by molar-refractivity contribution is -0.142. The molecule has 110 valence electrons. The van der Waals surface area contributed by atoms with Gasteiger partial charge in [0.15, 0.2) is 0 Å². The molecule has 0 heterocycles. The highest BCUT2D eigenvalue weighted by Crippen LogP contribution is 2.17. The van der Waals surface area contributed by atoms with E-state index in [-0.39, 0.29) is 5.91 Å². The lowest BCUT2D eigenvalue weighted by Crippen LogP contribution is -2.40. The Labute approximate surface area is 124 Å². The van der Waals surface area contributed by atoms with Crippen molar-refractivity contribution in [2.24, 2.45) is 0 Å². The van der Waals surface area contributed by atoms with Crippen molar-refractivity contribution in [3.63, 3.8) is 0 Å². The Morgan fingerprint density at radius 2 is 2.00 bits per heavy atom. The molecule has 1 rings (SSSR count). The molecule has 0 aliphatic rings. The van der Waals surface area contributed by atoms with Gasteiger partial charge < -0.3 is 10.4 Å². The van der Waals surface area contributed by atoms with Gasteiger partial charge >= 0.3 is 5.97 Å². The van der Waals surface area contributed by atoms with Crippen molar-refractivity contribution in [1.29, 1.82) is 0 Å². The van der Waals surface area contributed by atoms with Gasteiger partial charge in [-0.25, -0.2) is 4.79 Å². The average Bonchev–Trinajstić information content (AvgIpc) is 2.44. The lowest BCUT2D eigenvalue weighted by Gasteiger charge is -2.13. The first-order valence-corrected chi connectivity index (χ1v) is 7.82. The molecule has 0 spiro atoms. The molecular weight excluding hydrogens is 274 g/mol. The van der Waals surface area contributed by atoms with E-state index in [0.29, 0.717) is 18.6 Å². The van der Waals surface area contributed by atoms with Gasteiger partial charge in [0.25, 0.3) is 0 Å². The lowest BCUT2D eigenvalue weighted by atomic mass is 10.1.